The van der Waals surface area contributed by atoms with E-state index in [9.17, 15) is 4.39 Å². The van der Waals surface area contributed by atoms with E-state index in [4.69, 9.17) is 16.2 Å². The number of nitrogen functional groups attached to an aromatic ring is 2. The summed E-state index contributed by atoms with van der Waals surface area (Å²) >= 11 is 0. The fourth-order valence-electron chi connectivity index (χ4n) is 3.59. The van der Waals surface area contributed by atoms with Crippen LogP contribution in [0.1, 0.15) is 0 Å². The Balaban J connectivity index is 1.46. The molecule has 0 saturated heterocycles. The van der Waals surface area contributed by atoms with Gasteiger partial charge in [-0.3, -0.25) is 0 Å². The van der Waals surface area contributed by atoms with Crippen LogP contribution in [0.4, 0.5) is 38.8 Å². The molecule has 8 heteroatoms. The first-order valence-corrected chi connectivity index (χ1v) is 9.63. The summed E-state index contributed by atoms with van der Waals surface area (Å²) in [5.41, 5.74) is 15.4. The Morgan fingerprint density at radius 2 is 1.61 bits per heavy atom. The summed E-state index contributed by atoms with van der Waals surface area (Å²) in [6.07, 6.45) is 1.45. The Labute approximate surface area is 178 Å². The molecule has 0 amide bonds. The number of hydrogen-bond donors (Lipinski definition) is 2. The van der Waals surface area contributed by atoms with Crippen LogP contribution in [0.25, 0.3) is 0 Å². The van der Waals surface area contributed by atoms with Gasteiger partial charge in [-0.2, -0.15) is 0 Å². The van der Waals surface area contributed by atoms with Gasteiger partial charge in [-0.15, -0.1) is 0 Å². The van der Waals surface area contributed by atoms with Crippen LogP contribution in [-0.2, 0) is 0 Å². The molecular formula is C23H19FN6O. The summed E-state index contributed by atoms with van der Waals surface area (Å²) in [7, 11) is 0. The van der Waals surface area contributed by atoms with Gasteiger partial charge in [0.25, 0.3) is 0 Å². The Morgan fingerprint density at radius 3 is 2.39 bits per heavy atom. The number of fused-ring (bicyclic) bond motifs is 1. The third-order valence-electron chi connectivity index (χ3n) is 5.00. The second kappa shape index (κ2) is 7.49. The molecular weight excluding hydrogens is 395 g/mol. The topological polar surface area (TPSA) is 93.5 Å². The molecule has 0 aliphatic carbocycles. The number of rotatable bonds is 4. The van der Waals surface area contributed by atoms with Gasteiger partial charge in [-0.05, 0) is 54.6 Å². The first kappa shape index (κ1) is 18.7. The normalized spacial score (nSPS) is 12.7. The molecule has 1 aromatic heterocycles. The van der Waals surface area contributed by atoms with Crippen molar-refractivity contribution in [1.82, 2.24) is 9.97 Å². The third kappa shape index (κ3) is 3.55. The van der Waals surface area contributed by atoms with Crippen LogP contribution in [-0.4, -0.2) is 16.6 Å². The molecule has 31 heavy (non-hydrogen) atoms. The van der Waals surface area contributed by atoms with Crippen LogP contribution in [0.15, 0.2) is 79.1 Å². The zero-order valence-corrected chi connectivity index (χ0v) is 16.4. The van der Waals surface area contributed by atoms with E-state index < -0.39 is 0 Å². The molecule has 0 spiro atoms. The van der Waals surface area contributed by atoms with Crippen LogP contribution in [0.3, 0.4) is 0 Å². The van der Waals surface area contributed by atoms with Crippen LogP contribution in [0.2, 0.25) is 0 Å². The maximum Gasteiger partial charge on any atom is 0.164 e. The van der Waals surface area contributed by atoms with Gasteiger partial charge in [0.2, 0.25) is 0 Å². The molecule has 1 aliphatic heterocycles. The first-order chi connectivity index (χ1) is 15.1. The molecule has 1 aliphatic rings. The highest BCUT2D eigenvalue weighted by Crippen LogP contribution is 2.45. The zero-order chi connectivity index (χ0) is 21.4. The number of ether oxygens (including phenoxy) is 1. The highest BCUT2D eigenvalue weighted by Gasteiger charge is 2.32. The van der Waals surface area contributed by atoms with Crippen LogP contribution in [0, 0.1) is 5.82 Å². The number of nitrogens with zero attached hydrogens (tertiary/aromatic N) is 4. The van der Waals surface area contributed by atoms with Gasteiger partial charge in [0.1, 0.15) is 36.0 Å². The second-order valence-electron chi connectivity index (χ2n) is 7.08. The van der Waals surface area contributed by atoms with Crippen LogP contribution < -0.4 is 26.0 Å². The van der Waals surface area contributed by atoms with E-state index >= 15 is 0 Å². The second-order valence-corrected chi connectivity index (χ2v) is 7.08. The average Bonchev–Trinajstić information content (AvgIpc) is 3.15. The number of anilines is 6. The summed E-state index contributed by atoms with van der Waals surface area (Å²) in [6.45, 7) is 0.492. The number of aromatic nitrogens is 2. The highest BCUT2D eigenvalue weighted by molar-refractivity contribution is 5.90. The largest absolute Gasteiger partial charge is 0.457 e. The van der Waals surface area contributed by atoms with E-state index in [1.807, 2.05) is 58.3 Å². The van der Waals surface area contributed by atoms with Crippen molar-refractivity contribution in [3.8, 4) is 11.5 Å². The fraction of sp³-hybridized carbons (Fsp3) is 0.0435. The maximum atomic E-state index is 13.4. The fourth-order valence-corrected chi connectivity index (χ4v) is 3.59. The monoisotopic (exact) mass is 414 g/mol. The van der Waals surface area contributed by atoms with Gasteiger partial charge >= 0.3 is 0 Å². The van der Waals surface area contributed by atoms with Crippen molar-refractivity contribution in [3.63, 3.8) is 0 Å². The molecule has 0 radical (unpaired) electrons. The Hall–Kier alpha value is -4.33. The highest BCUT2D eigenvalue weighted by atomic mass is 19.1. The minimum Gasteiger partial charge on any atom is -0.457 e. The van der Waals surface area contributed by atoms with Gasteiger partial charge in [-0.25, -0.2) is 14.4 Å². The molecule has 0 saturated carbocycles. The standard InChI is InChI=1S/C23H19FN6O/c24-15-3-1-6-20(11-15)31-19-9-7-17(8-10-19)29-14-30(18-5-2-4-16(25)12-18)23-21(29)22(26)27-13-28-23/h1-13H,14,25H2,(H2,26,27,28). The maximum absolute atomic E-state index is 13.4. The zero-order valence-electron chi connectivity index (χ0n) is 16.4. The first-order valence-electron chi connectivity index (χ1n) is 9.63. The molecule has 7 nitrogen and oxygen atoms in total. The Kier molecular flexibility index (Phi) is 4.51. The Bertz CT molecular complexity index is 1250. The predicted molar refractivity (Wildman–Crippen MR) is 119 cm³/mol. The van der Waals surface area contributed by atoms with Crippen molar-refractivity contribution in [2.75, 3.05) is 27.9 Å². The number of hydrogen-bond acceptors (Lipinski definition) is 7. The van der Waals surface area contributed by atoms with Gasteiger partial charge in [-0.1, -0.05) is 12.1 Å². The van der Waals surface area contributed by atoms with Crippen molar-refractivity contribution in [3.05, 3.63) is 84.9 Å². The molecule has 4 aromatic rings. The molecule has 4 N–H and O–H groups in total. The van der Waals surface area contributed by atoms with E-state index in [1.54, 1.807) is 12.1 Å². The summed E-state index contributed by atoms with van der Waals surface area (Å²) in [5.74, 6) is 1.78. The van der Waals surface area contributed by atoms with E-state index in [-0.39, 0.29) is 5.82 Å². The molecule has 0 fully saturated rings. The lowest BCUT2D eigenvalue weighted by atomic mass is 10.2. The minimum atomic E-state index is -0.347. The van der Waals surface area contributed by atoms with E-state index in [1.165, 1.54) is 18.5 Å². The van der Waals surface area contributed by atoms with Crippen molar-refractivity contribution in [2.45, 2.75) is 0 Å². The summed E-state index contributed by atoms with van der Waals surface area (Å²) in [6, 6.07) is 21.1. The molecule has 154 valence electrons. The molecule has 0 unspecified atom stereocenters. The molecule has 0 atom stereocenters. The molecule has 2 heterocycles. The summed E-state index contributed by atoms with van der Waals surface area (Å²) in [4.78, 5) is 12.7. The third-order valence-corrected chi connectivity index (χ3v) is 5.00. The van der Waals surface area contributed by atoms with Gasteiger partial charge in [0.05, 0.1) is 0 Å². The summed E-state index contributed by atoms with van der Waals surface area (Å²) in [5, 5.41) is 0. The number of halogens is 1. The van der Waals surface area contributed by atoms with Crippen molar-refractivity contribution < 1.29 is 9.13 Å². The van der Waals surface area contributed by atoms with Crippen molar-refractivity contribution in [1.29, 1.82) is 0 Å². The SMILES string of the molecule is Nc1cccc(N2CN(c3ccc(Oc4cccc(F)c4)cc3)c3c(N)ncnc32)c1. The van der Waals surface area contributed by atoms with E-state index in [0.717, 1.165) is 17.1 Å². The lowest BCUT2D eigenvalue weighted by Crippen LogP contribution is -2.24. The van der Waals surface area contributed by atoms with Gasteiger partial charge < -0.3 is 26.0 Å². The van der Waals surface area contributed by atoms with Crippen molar-refractivity contribution >= 4 is 34.4 Å². The van der Waals surface area contributed by atoms with E-state index in [0.29, 0.717) is 35.5 Å². The Morgan fingerprint density at radius 1 is 0.806 bits per heavy atom. The smallest absolute Gasteiger partial charge is 0.164 e. The quantitative estimate of drug-likeness (QED) is 0.462. The van der Waals surface area contributed by atoms with Crippen LogP contribution in [0.5, 0.6) is 11.5 Å². The molecule has 5 rings (SSSR count). The molecule has 3 aromatic carbocycles. The van der Waals surface area contributed by atoms with Gasteiger partial charge in [0.15, 0.2) is 11.6 Å². The van der Waals surface area contributed by atoms with Gasteiger partial charge in [0, 0.05) is 23.1 Å². The van der Waals surface area contributed by atoms with Crippen molar-refractivity contribution in [2.24, 2.45) is 0 Å². The number of nitrogens with two attached hydrogens (primary N) is 2. The predicted octanol–water partition coefficient (Wildman–Crippen LogP) is 4.82. The number of benzene rings is 3. The van der Waals surface area contributed by atoms with Crippen LogP contribution >= 0.6 is 0 Å². The lowest BCUT2D eigenvalue weighted by molar-refractivity contribution is 0.477. The molecule has 0 bridgehead atoms. The lowest BCUT2D eigenvalue weighted by Gasteiger charge is -2.22. The minimum absolute atomic E-state index is 0.347. The van der Waals surface area contributed by atoms with E-state index in [2.05, 4.69) is 9.97 Å². The average molecular weight is 414 g/mol. The summed E-state index contributed by atoms with van der Waals surface area (Å²) < 4.78 is 19.1.